The molecule has 0 bridgehead atoms. The lowest BCUT2D eigenvalue weighted by molar-refractivity contribution is 0.0991. The third kappa shape index (κ3) is 4.63. The van der Waals surface area contributed by atoms with Gasteiger partial charge in [-0.25, -0.2) is 0 Å². The van der Waals surface area contributed by atoms with E-state index in [0.29, 0.717) is 6.54 Å². The molecule has 31 heavy (non-hydrogen) atoms. The predicted octanol–water partition coefficient (Wildman–Crippen LogP) is 5.14. The highest BCUT2D eigenvalue weighted by Crippen LogP contribution is 2.22. The van der Waals surface area contributed by atoms with Crippen LogP contribution in [0, 0.1) is 6.92 Å². The van der Waals surface area contributed by atoms with Gasteiger partial charge in [-0.3, -0.25) is 9.59 Å². The van der Waals surface area contributed by atoms with Gasteiger partial charge in [0.2, 0.25) is 0 Å². The van der Waals surface area contributed by atoms with Gasteiger partial charge in [0.15, 0.2) is 0 Å². The number of para-hydroxylation sites is 1. The van der Waals surface area contributed by atoms with E-state index in [2.05, 4.69) is 31.2 Å². The van der Waals surface area contributed by atoms with Gasteiger partial charge in [-0.1, -0.05) is 60.9 Å². The van der Waals surface area contributed by atoms with Gasteiger partial charge in [0, 0.05) is 18.4 Å². The largest absolute Gasteiger partial charge is 0.311 e. The van der Waals surface area contributed by atoms with Crippen molar-refractivity contribution in [2.24, 2.45) is 0 Å². The van der Waals surface area contributed by atoms with E-state index in [4.69, 9.17) is 0 Å². The van der Waals surface area contributed by atoms with Crippen molar-refractivity contribution >= 4 is 11.6 Å². The summed E-state index contributed by atoms with van der Waals surface area (Å²) in [7, 11) is 1.73. The Hall–Kier alpha value is -3.14. The fourth-order valence-corrected chi connectivity index (χ4v) is 4.38. The molecule has 4 nitrogen and oxygen atoms in total. The molecule has 0 atom stereocenters. The van der Waals surface area contributed by atoms with Crippen molar-refractivity contribution in [1.82, 2.24) is 4.57 Å². The fourth-order valence-electron chi connectivity index (χ4n) is 4.38. The van der Waals surface area contributed by atoms with Gasteiger partial charge < -0.3 is 9.47 Å². The molecule has 1 amide bonds. The minimum absolute atomic E-state index is 0.187. The van der Waals surface area contributed by atoms with E-state index < -0.39 is 0 Å². The molecule has 0 fully saturated rings. The molecular weight excluding hydrogens is 384 g/mol. The highest BCUT2D eigenvalue weighted by molar-refractivity contribution is 6.05. The number of aromatic nitrogens is 1. The Morgan fingerprint density at radius 2 is 1.61 bits per heavy atom. The van der Waals surface area contributed by atoms with Crippen molar-refractivity contribution in [1.29, 1.82) is 0 Å². The van der Waals surface area contributed by atoms with Crippen molar-refractivity contribution in [2.75, 3.05) is 11.9 Å². The number of carbonyl (C=O) groups excluding carboxylic acids is 1. The molecule has 1 aromatic heterocycles. The second kappa shape index (κ2) is 9.34. The Labute approximate surface area is 184 Å². The highest BCUT2D eigenvalue weighted by Gasteiger charge is 2.23. The number of hydrogen-bond donors (Lipinski definition) is 0. The van der Waals surface area contributed by atoms with E-state index in [0.717, 1.165) is 48.2 Å². The van der Waals surface area contributed by atoms with E-state index in [-0.39, 0.29) is 17.0 Å². The molecule has 0 aliphatic heterocycles. The zero-order valence-electron chi connectivity index (χ0n) is 18.4. The summed E-state index contributed by atoms with van der Waals surface area (Å²) in [5, 5.41) is 0. The van der Waals surface area contributed by atoms with Crippen molar-refractivity contribution in [3.8, 4) is 0 Å². The number of rotatable bonds is 4. The maximum atomic E-state index is 13.6. The summed E-state index contributed by atoms with van der Waals surface area (Å²) in [4.78, 5) is 28.5. The second-order valence-corrected chi connectivity index (χ2v) is 8.52. The average molecular weight is 415 g/mol. The molecule has 0 saturated carbocycles. The smallest absolute Gasteiger partial charge is 0.263 e. The van der Waals surface area contributed by atoms with Crippen molar-refractivity contribution in [2.45, 2.75) is 52.0 Å². The number of anilines is 1. The molecule has 0 unspecified atom stereocenters. The predicted molar refractivity (Wildman–Crippen MR) is 126 cm³/mol. The van der Waals surface area contributed by atoms with E-state index >= 15 is 0 Å². The van der Waals surface area contributed by atoms with Crippen LogP contribution in [0.3, 0.4) is 0 Å². The van der Waals surface area contributed by atoms with Crippen LogP contribution < -0.4 is 10.5 Å². The molecule has 0 spiro atoms. The zero-order valence-corrected chi connectivity index (χ0v) is 18.4. The maximum Gasteiger partial charge on any atom is 0.263 e. The number of hydrogen-bond acceptors (Lipinski definition) is 2. The van der Waals surface area contributed by atoms with Gasteiger partial charge in [0.1, 0.15) is 5.56 Å². The summed E-state index contributed by atoms with van der Waals surface area (Å²) in [6.45, 7) is 2.56. The first kappa shape index (κ1) is 21.1. The van der Waals surface area contributed by atoms with Gasteiger partial charge >= 0.3 is 0 Å². The summed E-state index contributed by atoms with van der Waals surface area (Å²) < 4.78 is 1.86. The molecular formula is C27H30N2O2. The standard InChI is InChI=1S/C27H30N2O2/c1-20-14-16-21(17-15-20)19-29-25-13-9-4-3-6-10-22(25)18-24(27(29)31)26(30)28(2)23-11-7-5-8-12-23/h5,7-8,11-12,14-18H,3-4,6,9-10,13,19H2,1-2H3. The first-order valence-corrected chi connectivity index (χ1v) is 11.2. The molecule has 4 rings (SSSR count). The van der Waals surface area contributed by atoms with E-state index in [1.807, 2.05) is 41.0 Å². The number of aryl methyl sites for hydroxylation is 2. The summed E-state index contributed by atoms with van der Waals surface area (Å²) in [6, 6.07) is 19.6. The van der Waals surface area contributed by atoms with Crippen LogP contribution >= 0.6 is 0 Å². The van der Waals surface area contributed by atoms with Crippen LogP contribution in [-0.2, 0) is 19.4 Å². The molecule has 0 radical (unpaired) electrons. The summed E-state index contributed by atoms with van der Waals surface area (Å²) in [5.74, 6) is -0.251. The Kier molecular flexibility index (Phi) is 6.36. The van der Waals surface area contributed by atoms with E-state index in [1.165, 1.54) is 18.4 Å². The van der Waals surface area contributed by atoms with Gasteiger partial charge in [0.25, 0.3) is 11.5 Å². The molecule has 0 saturated heterocycles. The number of amides is 1. The van der Waals surface area contributed by atoms with Crippen LogP contribution in [0.15, 0.2) is 65.5 Å². The Balaban J connectivity index is 1.80. The lowest BCUT2D eigenvalue weighted by Crippen LogP contribution is -2.36. The average Bonchev–Trinajstić information content (AvgIpc) is 2.77. The van der Waals surface area contributed by atoms with Crippen LogP contribution in [0.1, 0.15) is 58.4 Å². The fraction of sp³-hybridized carbons (Fsp3) is 0.333. The van der Waals surface area contributed by atoms with Crippen molar-refractivity contribution in [3.63, 3.8) is 0 Å². The van der Waals surface area contributed by atoms with E-state index in [1.54, 1.807) is 11.9 Å². The Morgan fingerprint density at radius 1 is 0.935 bits per heavy atom. The van der Waals surface area contributed by atoms with Crippen LogP contribution in [0.25, 0.3) is 0 Å². The minimum atomic E-state index is -0.251. The van der Waals surface area contributed by atoms with Gasteiger partial charge in [-0.2, -0.15) is 0 Å². The summed E-state index contributed by atoms with van der Waals surface area (Å²) in [6.07, 6.45) is 6.37. The van der Waals surface area contributed by atoms with Crippen LogP contribution in [0.5, 0.6) is 0 Å². The molecule has 1 heterocycles. The first-order chi connectivity index (χ1) is 15.0. The quantitative estimate of drug-likeness (QED) is 0.593. The molecule has 2 aromatic carbocycles. The van der Waals surface area contributed by atoms with Crippen LogP contribution in [0.2, 0.25) is 0 Å². The van der Waals surface area contributed by atoms with Gasteiger partial charge in [-0.15, -0.1) is 0 Å². The Morgan fingerprint density at radius 3 is 2.32 bits per heavy atom. The van der Waals surface area contributed by atoms with Crippen molar-refractivity contribution < 1.29 is 4.79 Å². The normalized spacial score (nSPS) is 13.7. The molecule has 1 aliphatic carbocycles. The summed E-state index contributed by atoms with van der Waals surface area (Å²) >= 11 is 0. The SMILES string of the molecule is Cc1ccc(Cn2c3c(cc(C(=O)N(C)c4ccccc4)c2=O)CCCCCC3)cc1. The van der Waals surface area contributed by atoms with E-state index in [9.17, 15) is 9.59 Å². The number of fused-ring (bicyclic) bond motifs is 1. The molecule has 1 aliphatic rings. The third-order valence-corrected chi connectivity index (χ3v) is 6.24. The molecule has 4 heteroatoms. The lowest BCUT2D eigenvalue weighted by Gasteiger charge is -2.23. The zero-order chi connectivity index (χ0) is 21.8. The van der Waals surface area contributed by atoms with Crippen molar-refractivity contribution in [3.05, 3.63) is 99.0 Å². The summed E-state index contributed by atoms with van der Waals surface area (Å²) in [5.41, 5.74) is 5.38. The van der Waals surface area contributed by atoms with Crippen LogP contribution in [0.4, 0.5) is 5.69 Å². The number of carbonyl (C=O) groups is 1. The monoisotopic (exact) mass is 414 g/mol. The van der Waals surface area contributed by atoms with Gasteiger partial charge in [0.05, 0.1) is 6.54 Å². The minimum Gasteiger partial charge on any atom is -0.311 e. The lowest BCUT2D eigenvalue weighted by atomic mass is 9.95. The molecule has 160 valence electrons. The second-order valence-electron chi connectivity index (χ2n) is 8.52. The van der Waals surface area contributed by atoms with Crippen LogP contribution in [-0.4, -0.2) is 17.5 Å². The maximum absolute atomic E-state index is 13.6. The third-order valence-electron chi connectivity index (χ3n) is 6.24. The topological polar surface area (TPSA) is 42.3 Å². The molecule has 0 N–H and O–H groups in total. The Bertz CT molecular complexity index is 1110. The highest BCUT2D eigenvalue weighted by atomic mass is 16.2. The number of benzene rings is 2. The van der Waals surface area contributed by atoms with Gasteiger partial charge in [-0.05, 0) is 61.9 Å². The first-order valence-electron chi connectivity index (χ1n) is 11.2. The molecule has 3 aromatic rings. The number of nitrogens with zero attached hydrogens (tertiary/aromatic N) is 2. The number of pyridine rings is 1.